The van der Waals surface area contributed by atoms with E-state index in [9.17, 15) is 4.79 Å². The fourth-order valence-electron chi connectivity index (χ4n) is 2.10. The summed E-state index contributed by atoms with van der Waals surface area (Å²) in [6.07, 6.45) is 1.17. The first kappa shape index (κ1) is 17.5. The zero-order valence-electron chi connectivity index (χ0n) is 13.5. The third-order valence-corrected chi connectivity index (χ3v) is 3.94. The lowest BCUT2D eigenvalue weighted by molar-refractivity contribution is 0.249. The summed E-state index contributed by atoms with van der Waals surface area (Å²) >= 11 is 0. The molecule has 2 atom stereocenters. The van der Waals surface area contributed by atoms with Crippen LogP contribution in [0.15, 0.2) is 24.3 Å². The van der Waals surface area contributed by atoms with Gasteiger partial charge in [0.1, 0.15) is 0 Å². The number of nitrogens with one attached hydrogen (secondary N) is 2. The van der Waals surface area contributed by atoms with E-state index in [0.717, 1.165) is 18.8 Å². The lowest BCUT2D eigenvalue weighted by Gasteiger charge is -2.24. The maximum absolute atomic E-state index is 10.8. The van der Waals surface area contributed by atoms with Crippen molar-refractivity contribution in [1.29, 1.82) is 0 Å². The number of carbonyl (C=O) groups is 1. The van der Waals surface area contributed by atoms with Crippen LogP contribution in [0.5, 0.6) is 0 Å². The average molecular weight is 292 g/mol. The number of anilines is 1. The lowest BCUT2D eigenvalue weighted by atomic mass is 10.1. The van der Waals surface area contributed by atoms with Gasteiger partial charge in [0.2, 0.25) is 0 Å². The molecule has 21 heavy (non-hydrogen) atoms. The summed E-state index contributed by atoms with van der Waals surface area (Å²) in [6.45, 7) is 8.57. The van der Waals surface area contributed by atoms with Crippen molar-refractivity contribution < 1.29 is 4.79 Å². The molecule has 0 saturated heterocycles. The Morgan fingerprint density at radius 3 is 2.43 bits per heavy atom. The van der Waals surface area contributed by atoms with Crippen LogP contribution in [-0.2, 0) is 0 Å². The molecule has 0 aliphatic heterocycles. The Hall–Kier alpha value is -1.59. The number of amides is 2. The minimum absolute atomic E-state index is 0.276. The number of urea groups is 1. The SMILES string of the molecule is CCC(C)N(C)CCNC(C)c1ccc(NC(N)=O)cc1. The molecule has 4 N–H and O–H groups in total. The lowest BCUT2D eigenvalue weighted by Crippen LogP contribution is -2.35. The van der Waals surface area contributed by atoms with Gasteiger partial charge < -0.3 is 21.3 Å². The highest BCUT2D eigenvalue weighted by atomic mass is 16.2. The summed E-state index contributed by atoms with van der Waals surface area (Å²) < 4.78 is 0. The molecule has 1 aromatic rings. The molecular formula is C16H28N4O. The molecule has 0 bridgehead atoms. The van der Waals surface area contributed by atoms with Crippen LogP contribution < -0.4 is 16.4 Å². The zero-order valence-corrected chi connectivity index (χ0v) is 13.5. The Morgan fingerprint density at radius 1 is 1.29 bits per heavy atom. The fraction of sp³-hybridized carbons (Fsp3) is 0.562. The third kappa shape index (κ3) is 6.14. The van der Waals surface area contributed by atoms with Crippen molar-refractivity contribution >= 4 is 11.7 Å². The standard InChI is InChI=1S/C16H28N4O/c1-5-12(2)20(4)11-10-18-13(3)14-6-8-15(9-7-14)19-16(17)21/h6-9,12-13,18H,5,10-11H2,1-4H3,(H3,17,19,21). The molecule has 2 amide bonds. The van der Waals surface area contributed by atoms with Gasteiger partial charge in [0, 0.05) is 30.9 Å². The van der Waals surface area contributed by atoms with Crippen LogP contribution >= 0.6 is 0 Å². The van der Waals surface area contributed by atoms with Crippen molar-refractivity contribution in [3.63, 3.8) is 0 Å². The molecule has 0 heterocycles. The minimum Gasteiger partial charge on any atom is -0.351 e. The Labute approximate surface area is 127 Å². The van der Waals surface area contributed by atoms with Crippen LogP contribution in [0, 0.1) is 0 Å². The summed E-state index contributed by atoms with van der Waals surface area (Å²) in [5.41, 5.74) is 6.99. The normalized spacial score (nSPS) is 14.0. The Morgan fingerprint density at radius 2 is 1.90 bits per heavy atom. The number of benzene rings is 1. The molecule has 2 unspecified atom stereocenters. The topological polar surface area (TPSA) is 70.4 Å². The Bertz CT molecular complexity index is 432. The molecule has 1 aromatic carbocycles. The van der Waals surface area contributed by atoms with Crippen molar-refractivity contribution in [2.24, 2.45) is 5.73 Å². The summed E-state index contributed by atoms with van der Waals surface area (Å²) in [4.78, 5) is 13.1. The summed E-state index contributed by atoms with van der Waals surface area (Å²) in [6, 6.07) is 8.08. The second-order valence-corrected chi connectivity index (χ2v) is 5.52. The first-order chi connectivity index (χ1) is 9.93. The summed E-state index contributed by atoms with van der Waals surface area (Å²) in [5.74, 6) is 0. The van der Waals surface area contributed by atoms with E-state index >= 15 is 0 Å². The maximum atomic E-state index is 10.8. The molecule has 5 heteroatoms. The largest absolute Gasteiger partial charge is 0.351 e. The third-order valence-electron chi connectivity index (χ3n) is 3.94. The quantitative estimate of drug-likeness (QED) is 0.689. The summed E-state index contributed by atoms with van der Waals surface area (Å²) in [7, 11) is 2.16. The van der Waals surface area contributed by atoms with Gasteiger partial charge in [0.25, 0.3) is 0 Å². The highest BCUT2D eigenvalue weighted by Crippen LogP contribution is 2.15. The van der Waals surface area contributed by atoms with E-state index in [-0.39, 0.29) is 6.04 Å². The van der Waals surface area contributed by atoms with Crippen molar-refractivity contribution in [2.75, 3.05) is 25.5 Å². The number of rotatable bonds is 8. The Balaban J connectivity index is 2.41. The number of nitrogens with two attached hydrogens (primary N) is 1. The van der Waals surface area contributed by atoms with E-state index in [4.69, 9.17) is 5.73 Å². The van der Waals surface area contributed by atoms with Gasteiger partial charge in [-0.15, -0.1) is 0 Å². The fourth-order valence-corrected chi connectivity index (χ4v) is 2.10. The van der Waals surface area contributed by atoms with E-state index in [1.54, 1.807) is 0 Å². The number of hydrogen-bond acceptors (Lipinski definition) is 3. The number of hydrogen-bond donors (Lipinski definition) is 3. The van der Waals surface area contributed by atoms with Gasteiger partial charge in [-0.25, -0.2) is 4.79 Å². The molecule has 0 saturated carbocycles. The van der Waals surface area contributed by atoms with Crippen LogP contribution in [0.25, 0.3) is 0 Å². The first-order valence-corrected chi connectivity index (χ1v) is 7.54. The predicted octanol–water partition coefficient (Wildman–Crippen LogP) is 2.56. The minimum atomic E-state index is -0.540. The highest BCUT2D eigenvalue weighted by molar-refractivity contribution is 5.87. The first-order valence-electron chi connectivity index (χ1n) is 7.54. The number of primary amides is 1. The number of likely N-dealkylation sites (N-methyl/N-ethyl adjacent to an activating group) is 1. The van der Waals surface area contributed by atoms with Crippen molar-refractivity contribution in [1.82, 2.24) is 10.2 Å². The van der Waals surface area contributed by atoms with Crippen molar-refractivity contribution in [2.45, 2.75) is 39.3 Å². The monoisotopic (exact) mass is 292 g/mol. The highest BCUT2D eigenvalue weighted by Gasteiger charge is 2.08. The van der Waals surface area contributed by atoms with Gasteiger partial charge in [-0.2, -0.15) is 0 Å². The van der Waals surface area contributed by atoms with Gasteiger partial charge in [0.15, 0.2) is 0 Å². The second-order valence-electron chi connectivity index (χ2n) is 5.52. The molecule has 118 valence electrons. The van der Waals surface area contributed by atoms with Crippen LogP contribution in [-0.4, -0.2) is 37.1 Å². The maximum Gasteiger partial charge on any atom is 0.316 e. The van der Waals surface area contributed by atoms with E-state index in [0.29, 0.717) is 6.04 Å². The molecule has 1 rings (SSSR count). The second kappa shape index (κ2) is 8.64. The molecule has 5 nitrogen and oxygen atoms in total. The van der Waals surface area contributed by atoms with E-state index in [1.807, 2.05) is 24.3 Å². The van der Waals surface area contributed by atoms with E-state index in [2.05, 4.69) is 43.4 Å². The molecular weight excluding hydrogens is 264 g/mol. The van der Waals surface area contributed by atoms with Gasteiger partial charge in [-0.3, -0.25) is 0 Å². The summed E-state index contributed by atoms with van der Waals surface area (Å²) in [5, 5.41) is 6.07. The van der Waals surface area contributed by atoms with E-state index in [1.165, 1.54) is 12.0 Å². The number of nitrogens with zero attached hydrogens (tertiary/aromatic N) is 1. The van der Waals surface area contributed by atoms with Gasteiger partial charge >= 0.3 is 6.03 Å². The van der Waals surface area contributed by atoms with Gasteiger partial charge in [0.05, 0.1) is 0 Å². The van der Waals surface area contributed by atoms with E-state index < -0.39 is 6.03 Å². The van der Waals surface area contributed by atoms with Crippen LogP contribution in [0.3, 0.4) is 0 Å². The van der Waals surface area contributed by atoms with Crippen LogP contribution in [0.2, 0.25) is 0 Å². The van der Waals surface area contributed by atoms with Crippen molar-refractivity contribution in [3.05, 3.63) is 29.8 Å². The smallest absolute Gasteiger partial charge is 0.316 e. The van der Waals surface area contributed by atoms with Gasteiger partial charge in [-0.1, -0.05) is 19.1 Å². The predicted molar refractivity (Wildman–Crippen MR) is 88.4 cm³/mol. The molecule has 0 aliphatic rings. The molecule has 0 radical (unpaired) electrons. The van der Waals surface area contributed by atoms with Crippen LogP contribution in [0.4, 0.5) is 10.5 Å². The Kier molecular flexibility index (Phi) is 7.19. The van der Waals surface area contributed by atoms with Gasteiger partial charge in [-0.05, 0) is 45.0 Å². The molecule has 0 spiro atoms. The zero-order chi connectivity index (χ0) is 15.8. The molecule has 0 fully saturated rings. The van der Waals surface area contributed by atoms with Crippen molar-refractivity contribution in [3.8, 4) is 0 Å². The molecule has 0 aliphatic carbocycles. The molecule has 0 aromatic heterocycles. The van der Waals surface area contributed by atoms with Crippen LogP contribution in [0.1, 0.15) is 38.8 Å². The number of carbonyl (C=O) groups excluding carboxylic acids is 1. The average Bonchev–Trinajstić information content (AvgIpc) is 2.46.